The largest absolute Gasteiger partial charge is 0.480 e. The SMILES string of the molecule is CC(C)(C)[C@@H](NC(=O)c1ccc2[nH]ncc2c1)C(=O)O. The minimum atomic E-state index is -1.05. The van der Waals surface area contributed by atoms with Gasteiger partial charge < -0.3 is 10.4 Å². The fourth-order valence-corrected chi connectivity index (χ4v) is 1.95. The van der Waals surface area contributed by atoms with Crippen molar-refractivity contribution in [3.05, 3.63) is 30.0 Å². The second kappa shape index (κ2) is 4.96. The maximum absolute atomic E-state index is 12.2. The Kier molecular flexibility index (Phi) is 3.48. The van der Waals surface area contributed by atoms with Crippen LogP contribution in [0.2, 0.25) is 0 Å². The minimum Gasteiger partial charge on any atom is -0.480 e. The molecule has 106 valence electrons. The first-order valence-electron chi connectivity index (χ1n) is 6.26. The van der Waals surface area contributed by atoms with Gasteiger partial charge >= 0.3 is 5.97 Å². The van der Waals surface area contributed by atoms with Gasteiger partial charge in [-0.2, -0.15) is 5.10 Å². The number of aromatic nitrogens is 2. The van der Waals surface area contributed by atoms with Gasteiger partial charge in [-0.15, -0.1) is 0 Å². The van der Waals surface area contributed by atoms with Crippen molar-refractivity contribution in [1.29, 1.82) is 0 Å². The zero-order chi connectivity index (χ0) is 14.9. The Hall–Kier alpha value is -2.37. The first-order valence-corrected chi connectivity index (χ1v) is 6.26. The number of nitrogens with zero attached hydrogens (tertiary/aromatic N) is 1. The molecule has 0 spiro atoms. The third-order valence-electron chi connectivity index (χ3n) is 3.09. The number of rotatable bonds is 3. The van der Waals surface area contributed by atoms with Crippen molar-refractivity contribution in [2.45, 2.75) is 26.8 Å². The second-order valence-electron chi connectivity index (χ2n) is 5.78. The van der Waals surface area contributed by atoms with E-state index in [1.54, 1.807) is 45.2 Å². The highest BCUT2D eigenvalue weighted by Crippen LogP contribution is 2.20. The molecule has 0 fully saturated rings. The normalized spacial score (nSPS) is 13.2. The zero-order valence-corrected chi connectivity index (χ0v) is 11.6. The second-order valence-corrected chi connectivity index (χ2v) is 5.78. The van der Waals surface area contributed by atoms with E-state index in [1.165, 1.54) is 0 Å². The molecule has 1 heterocycles. The molecule has 6 heteroatoms. The predicted octanol–water partition coefficient (Wildman–Crippen LogP) is 1.79. The van der Waals surface area contributed by atoms with Gasteiger partial charge in [0.25, 0.3) is 5.91 Å². The van der Waals surface area contributed by atoms with Gasteiger partial charge in [0, 0.05) is 10.9 Å². The highest BCUT2D eigenvalue weighted by atomic mass is 16.4. The molecule has 1 amide bonds. The molecule has 3 N–H and O–H groups in total. The maximum atomic E-state index is 12.2. The summed E-state index contributed by atoms with van der Waals surface area (Å²) in [5, 5.41) is 19.3. The Bertz CT molecular complexity index is 655. The van der Waals surface area contributed by atoms with E-state index in [-0.39, 0.29) is 0 Å². The van der Waals surface area contributed by atoms with Crippen LogP contribution in [-0.4, -0.2) is 33.2 Å². The average Bonchev–Trinajstić information content (AvgIpc) is 2.80. The molecule has 0 aliphatic rings. The van der Waals surface area contributed by atoms with Crippen LogP contribution in [0.5, 0.6) is 0 Å². The number of H-pyrrole nitrogens is 1. The summed E-state index contributed by atoms with van der Waals surface area (Å²) in [4.78, 5) is 23.4. The molecule has 0 saturated heterocycles. The van der Waals surface area contributed by atoms with E-state index >= 15 is 0 Å². The van der Waals surface area contributed by atoms with Gasteiger partial charge in [-0.3, -0.25) is 9.89 Å². The monoisotopic (exact) mass is 275 g/mol. The molecular weight excluding hydrogens is 258 g/mol. The lowest BCUT2D eigenvalue weighted by atomic mass is 9.86. The lowest BCUT2D eigenvalue weighted by molar-refractivity contribution is -0.142. The van der Waals surface area contributed by atoms with Gasteiger partial charge in [-0.25, -0.2) is 4.79 Å². The van der Waals surface area contributed by atoms with Crippen LogP contribution in [0.4, 0.5) is 0 Å². The third kappa shape index (κ3) is 2.79. The molecule has 1 aromatic carbocycles. The lowest BCUT2D eigenvalue weighted by Crippen LogP contribution is -2.49. The van der Waals surface area contributed by atoms with E-state index in [0.29, 0.717) is 5.56 Å². The van der Waals surface area contributed by atoms with E-state index in [1.807, 2.05) is 0 Å². The summed E-state index contributed by atoms with van der Waals surface area (Å²) in [7, 11) is 0. The number of hydrogen-bond donors (Lipinski definition) is 3. The number of hydrogen-bond acceptors (Lipinski definition) is 3. The van der Waals surface area contributed by atoms with Crippen LogP contribution in [0.1, 0.15) is 31.1 Å². The van der Waals surface area contributed by atoms with E-state index in [2.05, 4.69) is 15.5 Å². The van der Waals surface area contributed by atoms with Crippen molar-refractivity contribution >= 4 is 22.8 Å². The number of carbonyl (C=O) groups is 2. The molecular formula is C14H17N3O3. The summed E-state index contributed by atoms with van der Waals surface area (Å²) in [6.45, 7) is 5.31. The van der Waals surface area contributed by atoms with E-state index in [9.17, 15) is 14.7 Å². The van der Waals surface area contributed by atoms with Crippen molar-refractivity contribution in [3.63, 3.8) is 0 Å². The number of aliphatic carboxylic acids is 1. The smallest absolute Gasteiger partial charge is 0.326 e. The van der Waals surface area contributed by atoms with Gasteiger partial charge in [0.05, 0.1) is 11.7 Å². The summed E-state index contributed by atoms with van der Waals surface area (Å²) in [5.41, 5.74) is 0.669. The Labute approximate surface area is 116 Å². The first-order chi connectivity index (χ1) is 9.29. The Morgan fingerprint density at radius 1 is 1.35 bits per heavy atom. The van der Waals surface area contributed by atoms with Gasteiger partial charge in [0.2, 0.25) is 0 Å². The van der Waals surface area contributed by atoms with Gasteiger partial charge in [0.15, 0.2) is 0 Å². The molecule has 20 heavy (non-hydrogen) atoms. The summed E-state index contributed by atoms with van der Waals surface area (Å²) in [6, 6.07) is 4.10. The summed E-state index contributed by atoms with van der Waals surface area (Å²) >= 11 is 0. The fraction of sp³-hybridized carbons (Fsp3) is 0.357. The van der Waals surface area contributed by atoms with E-state index in [4.69, 9.17) is 0 Å². The number of carboxylic acids is 1. The summed E-state index contributed by atoms with van der Waals surface area (Å²) in [6.07, 6.45) is 1.62. The van der Waals surface area contributed by atoms with Crippen LogP contribution in [-0.2, 0) is 4.79 Å². The number of fused-ring (bicyclic) bond motifs is 1. The topological polar surface area (TPSA) is 95.1 Å². The van der Waals surface area contributed by atoms with Crippen molar-refractivity contribution in [2.24, 2.45) is 5.41 Å². The van der Waals surface area contributed by atoms with Crippen LogP contribution in [0.15, 0.2) is 24.4 Å². The Morgan fingerprint density at radius 3 is 2.65 bits per heavy atom. The molecule has 2 aromatic rings. The molecule has 1 aromatic heterocycles. The van der Waals surface area contributed by atoms with Gasteiger partial charge in [-0.1, -0.05) is 20.8 Å². The summed E-state index contributed by atoms with van der Waals surface area (Å²) in [5.74, 6) is -1.45. The quantitative estimate of drug-likeness (QED) is 0.795. The number of carboxylic acid groups (broad SMARTS) is 1. The fourth-order valence-electron chi connectivity index (χ4n) is 1.95. The van der Waals surface area contributed by atoms with Crippen LogP contribution in [0.25, 0.3) is 10.9 Å². The van der Waals surface area contributed by atoms with Crippen molar-refractivity contribution in [1.82, 2.24) is 15.5 Å². The van der Waals surface area contributed by atoms with Gasteiger partial charge in [-0.05, 0) is 23.6 Å². The molecule has 0 aliphatic heterocycles. The van der Waals surface area contributed by atoms with Crippen molar-refractivity contribution < 1.29 is 14.7 Å². The minimum absolute atomic E-state index is 0.407. The molecule has 1 atom stereocenters. The molecule has 0 radical (unpaired) electrons. The standard InChI is InChI=1S/C14H17N3O3/c1-14(2,3)11(13(19)20)16-12(18)8-4-5-10-9(6-8)7-15-17-10/h4-7,11H,1-3H3,(H,15,17)(H,16,18)(H,19,20)/t11-/m0/s1. The predicted molar refractivity (Wildman–Crippen MR) is 74.4 cm³/mol. The van der Waals surface area contributed by atoms with Gasteiger partial charge in [0.1, 0.15) is 6.04 Å². The zero-order valence-electron chi connectivity index (χ0n) is 11.6. The number of amides is 1. The van der Waals surface area contributed by atoms with Crippen LogP contribution < -0.4 is 5.32 Å². The molecule has 0 saturated carbocycles. The lowest BCUT2D eigenvalue weighted by Gasteiger charge is -2.27. The number of carbonyl (C=O) groups excluding carboxylic acids is 1. The van der Waals surface area contributed by atoms with Crippen LogP contribution >= 0.6 is 0 Å². The summed E-state index contributed by atoms with van der Waals surface area (Å²) < 4.78 is 0. The molecule has 6 nitrogen and oxygen atoms in total. The van der Waals surface area contributed by atoms with Crippen molar-refractivity contribution in [3.8, 4) is 0 Å². The number of nitrogens with one attached hydrogen (secondary N) is 2. The highest BCUT2D eigenvalue weighted by molar-refractivity contribution is 5.99. The molecule has 0 unspecified atom stereocenters. The van der Waals surface area contributed by atoms with Crippen LogP contribution in [0.3, 0.4) is 0 Å². The van der Waals surface area contributed by atoms with E-state index in [0.717, 1.165) is 10.9 Å². The number of benzene rings is 1. The van der Waals surface area contributed by atoms with E-state index < -0.39 is 23.3 Å². The first kappa shape index (κ1) is 14.0. The third-order valence-corrected chi connectivity index (χ3v) is 3.09. The molecule has 0 aliphatic carbocycles. The van der Waals surface area contributed by atoms with Crippen LogP contribution in [0, 0.1) is 5.41 Å². The van der Waals surface area contributed by atoms with Crippen molar-refractivity contribution in [2.75, 3.05) is 0 Å². The highest BCUT2D eigenvalue weighted by Gasteiger charge is 2.32. The Balaban J connectivity index is 2.24. The molecule has 0 bridgehead atoms. The number of aromatic amines is 1. The average molecular weight is 275 g/mol. The maximum Gasteiger partial charge on any atom is 0.326 e. The molecule has 2 rings (SSSR count). The Morgan fingerprint density at radius 2 is 2.05 bits per heavy atom.